The SMILES string of the molecule is CCCC[C@@H]1NC(=O)[C@H](Cc2ccccc2)NC1=O. The number of carbonyl (C=O) groups is 2. The molecule has 1 saturated heterocycles. The van der Waals surface area contributed by atoms with Crippen LogP contribution in [-0.2, 0) is 16.0 Å². The molecule has 0 radical (unpaired) electrons. The van der Waals surface area contributed by atoms with Crippen molar-refractivity contribution < 1.29 is 9.59 Å². The molecule has 0 spiro atoms. The summed E-state index contributed by atoms with van der Waals surface area (Å²) in [5.41, 5.74) is 1.05. The Morgan fingerprint density at radius 1 is 1.00 bits per heavy atom. The third kappa shape index (κ3) is 3.56. The fraction of sp³-hybridized carbons (Fsp3) is 0.467. The number of carbonyl (C=O) groups excluding carboxylic acids is 2. The number of nitrogens with one attached hydrogen (secondary N) is 2. The highest BCUT2D eigenvalue weighted by molar-refractivity contribution is 5.97. The highest BCUT2D eigenvalue weighted by Crippen LogP contribution is 2.09. The van der Waals surface area contributed by atoms with Crippen LogP contribution >= 0.6 is 0 Å². The first-order valence-corrected chi connectivity index (χ1v) is 6.85. The largest absolute Gasteiger partial charge is 0.343 e. The minimum Gasteiger partial charge on any atom is -0.343 e. The molecular formula is C15H20N2O2. The van der Waals surface area contributed by atoms with E-state index in [4.69, 9.17) is 0 Å². The van der Waals surface area contributed by atoms with Gasteiger partial charge in [-0.2, -0.15) is 0 Å². The summed E-state index contributed by atoms with van der Waals surface area (Å²) < 4.78 is 0. The van der Waals surface area contributed by atoms with Gasteiger partial charge in [0.05, 0.1) is 0 Å². The first kappa shape index (κ1) is 13.6. The lowest BCUT2D eigenvalue weighted by atomic mass is 10.00. The highest BCUT2D eigenvalue weighted by Gasteiger charge is 2.32. The van der Waals surface area contributed by atoms with Gasteiger partial charge in [0.1, 0.15) is 12.1 Å². The second-order valence-electron chi connectivity index (χ2n) is 4.95. The molecule has 1 fully saturated rings. The Bertz CT molecular complexity index is 445. The van der Waals surface area contributed by atoms with Gasteiger partial charge in [0.2, 0.25) is 11.8 Å². The van der Waals surface area contributed by atoms with Gasteiger partial charge in [-0.15, -0.1) is 0 Å². The van der Waals surface area contributed by atoms with Crippen LogP contribution in [0.2, 0.25) is 0 Å². The highest BCUT2D eigenvalue weighted by atomic mass is 16.2. The van der Waals surface area contributed by atoms with E-state index >= 15 is 0 Å². The van der Waals surface area contributed by atoms with Crippen LogP contribution in [0.25, 0.3) is 0 Å². The first-order chi connectivity index (χ1) is 9.20. The zero-order chi connectivity index (χ0) is 13.7. The van der Waals surface area contributed by atoms with Gasteiger partial charge in [-0.3, -0.25) is 9.59 Å². The van der Waals surface area contributed by atoms with Crippen molar-refractivity contribution in [2.45, 2.75) is 44.7 Å². The summed E-state index contributed by atoms with van der Waals surface area (Å²) in [5, 5.41) is 5.64. The van der Waals surface area contributed by atoms with Crippen LogP contribution in [-0.4, -0.2) is 23.9 Å². The van der Waals surface area contributed by atoms with Gasteiger partial charge in [-0.05, 0) is 12.0 Å². The second-order valence-corrected chi connectivity index (χ2v) is 4.95. The van der Waals surface area contributed by atoms with Crippen LogP contribution in [0.3, 0.4) is 0 Å². The van der Waals surface area contributed by atoms with Crippen molar-refractivity contribution in [3.8, 4) is 0 Å². The van der Waals surface area contributed by atoms with E-state index in [0.29, 0.717) is 12.8 Å². The normalized spacial score (nSPS) is 22.8. The van der Waals surface area contributed by atoms with Gasteiger partial charge in [0.15, 0.2) is 0 Å². The maximum absolute atomic E-state index is 12.0. The molecule has 4 heteroatoms. The fourth-order valence-electron chi connectivity index (χ4n) is 2.28. The van der Waals surface area contributed by atoms with Gasteiger partial charge in [0.25, 0.3) is 0 Å². The van der Waals surface area contributed by atoms with E-state index in [1.54, 1.807) is 0 Å². The Morgan fingerprint density at radius 2 is 1.63 bits per heavy atom. The molecule has 19 heavy (non-hydrogen) atoms. The summed E-state index contributed by atoms with van der Waals surface area (Å²) in [6.07, 6.45) is 3.22. The lowest BCUT2D eigenvalue weighted by molar-refractivity contribution is -0.136. The molecule has 0 saturated carbocycles. The molecule has 1 aromatic rings. The summed E-state index contributed by atoms with van der Waals surface area (Å²) >= 11 is 0. The van der Waals surface area contributed by atoms with Crippen molar-refractivity contribution in [1.82, 2.24) is 10.6 Å². The maximum atomic E-state index is 12.0. The van der Waals surface area contributed by atoms with Crippen LogP contribution in [0.15, 0.2) is 30.3 Å². The van der Waals surface area contributed by atoms with Gasteiger partial charge in [-0.1, -0.05) is 50.1 Å². The van der Waals surface area contributed by atoms with Gasteiger partial charge in [-0.25, -0.2) is 0 Å². The molecule has 0 bridgehead atoms. The van der Waals surface area contributed by atoms with Crippen molar-refractivity contribution in [3.05, 3.63) is 35.9 Å². The molecule has 2 rings (SSSR count). The molecule has 0 unspecified atom stereocenters. The number of rotatable bonds is 5. The molecule has 2 atom stereocenters. The number of hydrogen-bond donors (Lipinski definition) is 2. The van der Waals surface area contributed by atoms with Gasteiger partial charge in [0, 0.05) is 6.42 Å². The number of benzene rings is 1. The average molecular weight is 260 g/mol. The number of unbranched alkanes of at least 4 members (excludes halogenated alkanes) is 1. The van der Waals surface area contributed by atoms with Crippen molar-refractivity contribution in [2.24, 2.45) is 0 Å². The standard InChI is InChI=1S/C15H20N2O2/c1-2-3-9-12-14(18)17-13(15(19)16-12)10-11-7-5-4-6-8-11/h4-8,12-13H,2-3,9-10H2,1H3,(H,16,19)(H,17,18)/t12-,13-/m0/s1. The predicted octanol–water partition coefficient (Wildman–Crippen LogP) is 1.40. The van der Waals surface area contributed by atoms with Crippen LogP contribution in [0.4, 0.5) is 0 Å². The van der Waals surface area contributed by atoms with E-state index in [1.807, 2.05) is 30.3 Å². The van der Waals surface area contributed by atoms with Crippen LogP contribution in [0.1, 0.15) is 31.7 Å². The van der Waals surface area contributed by atoms with Crippen LogP contribution in [0.5, 0.6) is 0 Å². The number of piperazine rings is 1. The van der Waals surface area contributed by atoms with Crippen molar-refractivity contribution >= 4 is 11.8 Å². The maximum Gasteiger partial charge on any atom is 0.243 e. The Labute approximate surface area is 113 Å². The summed E-state index contributed by atoms with van der Waals surface area (Å²) in [6.45, 7) is 2.07. The van der Waals surface area contributed by atoms with Crippen molar-refractivity contribution in [1.29, 1.82) is 0 Å². The molecular weight excluding hydrogens is 240 g/mol. The molecule has 102 valence electrons. The van der Waals surface area contributed by atoms with E-state index in [1.165, 1.54) is 0 Å². The van der Waals surface area contributed by atoms with Gasteiger partial charge >= 0.3 is 0 Å². The monoisotopic (exact) mass is 260 g/mol. The smallest absolute Gasteiger partial charge is 0.243 e. The van der Waals surface area contributed by atoms with Crippen molar-refractivity contribution in [2.75, 3.05) is 0 Å². The van der Waals surface area contributed by atoms with Crippen LogP contribution < -0.4 is 10.6 Å². The lowest BCUT2D eigenvalue weighted by Gasteiger charge is -2.29. The average Bonchev–Trinajstić information content (AvgIpc) is 2.42. The Hall–Kier alpha value is -1.84. The van der Waals surface area contributed by atoms with E-state index in [0.717, 1.165) is 18.4 Å². The fourth-order valence-corrected chi connectivity index (χ4v) is 2.28. The number of hydrogen-bond acceptors (Lipinski definition) is 2. The molecule has 1 heterocycles. The third-order valence-corrected chi connectivity index (χ3v) is 3.39. The molecule has 1 aliphatic rings. The van der Waals surface area contributed by atoms with E-state index in [-0.39, 0.29) is 17.9 Å². The zero-order valence-corrected chi connectivity index (χ0v) is 11.2. The first-order valence-electron chi connectivity index (χ1n) is 6.85. The Morgan fingerprint density at radius 3 is 2.32 bits per heavy atom. The molecule has 4 nitrogen and oxygen atoms in total. The molecule has 0 aromatic heterocycles. The summed E-state index contributed by atoms with van der Waals surface area (Å²) in [6, 6.07) is 8.91. The molecule has 2 N–H and O–H groups in total. The predicted molar refractivity (Wildman–Crippen MR) is 73.5 cm³/mol. The van der Waals surface area contributed by atoms with Crippen LogP contribution in [0, 0.1) is 0 Å². The van der Waals surface area contributed by atoms with Gasteiger partial charge < -0.3 is 10.6 Å². The summed E-state index contributed by atoms with van der Waals surface area (Å²) in [7, 11) is 0. The Balaban J connectivity index is 1.95. The Kier molecular flexibility index (Phi) is 4.55. The van der Waals surface area contributed by atoms with E-state index in [2.05, 4.69) is 17.6 Å². The second kappa shape index (κ2) is 6.36. The third-order valence-electron chi connectivity index (χ3n) is 3.39. The summed E-state index contributed by atoms with van der Waals surface area (Å²) in [5.74, 6) is -0.140. The minimum absolute atomic E-state index is 0.0611. The summed E-state index contributed by atoms with van der Waals surface area (Å²) in [4.78, 5) is 23.9. The molecule has 0 aliphatic carbocycles. The molecule has 2 amide bonds. The zero-order valence-electron chi connectivity index (χ0n) is 11.2. The molecule has 1 aliphatic heterocycles. The topological polar surface area (TPSA) is 58.2 Å². The van der Waals surface area contributed by atoms with E-state index < -0.39 is 6.04 Å². The molecule has 1 aromatic carbocycles. The van der Waals surface area contributed by atoms with Crippen molar-refractivity contribution in [3.63, 3.8) is 0 Å². The lowest BCUT2D eigenvalue weighted by Crippen LogP contribution is -2.62. The number of amides is 2. The van der Waals surface area contributed by atoms with E-state index in [9.17, 15) is 9.59 Å². The minimum atomic E-state index is -0.451. The quantitative estimate of drug-likeness (QED) is 0.841.